The van der Waals surface area contributed by atoms with Gasteiger partial charge in [-0.25, -0.2) is 4.98 Å². The first-order valence-corrected chi connectivity index (χ1v) is 7.58. The molecule has 0 aliphatic rings. The molecule has 3 aromatic rings. The van der Waals surface area contributed by atoms with Crippen LogP contribution in [0.2, 0.25) is 0 Å². The van der Waals surface area contributed by atoms with E-state index in [4.69, 9.17) is 9.47 Å². The van der Waals surface area contributed by atoms with E-state index in [2.05, 4.69) is 4.98 Å². The van der Waals surface area contributed by atoms with E-state index in [0.29, 0.717) is 24.7 Å². The monoisotopic (exact) mass is 304 g/mol. The summed E-state index contributed by atoms with van der Waals surface area (Å²) in [7, 11) is 0. The summed E-state index contributed by atoms with van der Waals surface area (Å²) in [5, 5.41) is 11.2. The zero-order valence-electron chi connectivity index (χ0n) is 11.7. The molecule has 2 heterocycles. The maximum atomic E-state index is 9.18. The van der Waals surface area contributed by atoms with Gasteiger partial charge in [-0.05, 0) is 24.6 Å². The van der Waals surface area contributed by atoms with Gasteiger partial charge in [-0.3, -0.25) is 4.40 Å². The Morgan fingerprint density at radius 2 is 2.19 bits per heavy atom. The molecule has 0 bridgehead atoms. The molecule has 5 nitrogen and oxygen atoms in total. The highest BCUT2D eigenvalue weighted by Crippen LogP contribution is 2.29. The van der Waals surface area contributed by atoms with Gasteiger partial charge >= 0.3 is 0 Å². The van der Waals surface area contributed by atoms with Crippen molar-refractivity contribution in [2.45, 2.75) is 20.1 Å². The van der Waals surface area contributed by atoms with Gasteiger partial charge in [-0.15, -0.1) is 11.3 Å². The lowest BCUT2D eigenvalue weighted by Gasteiger charge is -2.12. The third-order valence-corrected chi connectivity index (χ3v) is 3.78. The molecule has 3 rings (SSSR count). The second-order valence-electron chi connectivity index (χ2n) is 4.49. The van der Waals surface area contributed by atoms with Crippen LogP contribution in [-0.4, -0.2) is 21.1 Å². The van der Waals surface area contributed by atoms with E-state index < -0.39 is 0 Å². The summed E-state index contributed by atoms with van der Waals surface area (Å²) in [6.07, 6.45) is 3.92. The number of aliphatic hydroxyl groups excluding tert-OH is 1. The van der Waals surface area contributed by atoms with Crippen LogP contribution < -0.4 is 9.47 Å². The molecular weight excluding hydrogens is 288 g/mol. The van der Waals surface area contributed by atoms with Crippen LogP contribution in [0, 0.1) is 0 Å². The van der Waals surface area contributed by atoms with Crippen molar-refractivity contribution < 1.29 is 14.6 Å². The summed E-state index contributed by atoms with van der Waals surface area (Å²) in [4.78, 5) is 5.43. The number of ether oxygens (including phenoxy) is 2. The largest absolute Gasteiger partial charge is 0.490 e. The van der Waals surface area contributed by atoms with Crippen LogP contribution in [0.5, 0.6) is 11.5 Å². The molecular formula is C15H16N2O3S. The van der Waals surface area contributed by atoms with E-state index in [-0.39, 0.29) is 6.61 Å². The minimum absolute atomic E-state index is 0.0162. The number of benzene rings is 1. The molecule has 21 heavy (non-hydrogen) atoms. The maximum Gasteiger partial charge on any atom is 0.193 e. The molecule has 0 unspecified atom stereocenters. The number of thiazole rings is 1. The number of hydrogen-bond acceptors (Lipinski definition) is 5. The lowest BCUT2D eigenvalue weighted by atomic mass is 10.2. The third-order valence-electron chi connectivity index (χ3n) is 3.01. The van der Waals surface area contributed by atoms with Crippen LogP contribution in [0.25, 0.3) is 4.96 Å². The van der Waals surface area contributed by atoms with Gasteiger partial charge in [-0.1, -0.05) is 6.07 Å². The van der Waals surface area contributed by atoms with E-state index >= 15 is 0 Å². The quantitative estimate of drug-likeness (QED) is 0.761. The summed E-state index contributed by atoms with van der Waals surface area (Å²) in [5.41, 5.74) is 1.67. The molecule has 0 fully saturated rings. The molecule has 0 spiro atoms. The topological polar surface area (TPSA) is 56.0 Å². The fraction of sp³-hybridized carbons (Fsp3) is 0.267. The molecule has 110 valence electrons. The van der Waals surface area contributed by atoms with Gasteiger partial charge in [0, 0.05) is 17.8 Å². The molecule has 0 saturated carbocycles. The number of aliphatic hydroxyl groups is 1. The smallest absolute Gasteiger partial charge is 0.193 e. The number of rotatable bonds is 6. The maximum absolute atomic E-state index is 9.18. The number of hydrogen-bond donors (Lipinski definition) is 1. The Kier molecular flexibility index (Phi) is 4.08. The Morgan fingerprint density at radius 3 is 2.95 bits per heavy atom. The average molecular weight is 304 g/mol. The Bertz CT molecular complexity index is 707. The molecule has 0 radical (unpaired) electrons. The SMILES string of the molecule is CCOc1cc(CO)ccc1OCc1cn2ccsc2n1. The average Bonchev–Trinajstić information content (AvgIpc) is 3.07. The van der Waals surface area contributed by atoms with Crippen LogP contribution in [0.3, 0.4) is 0 Å². The number of aromatic nitrogens is 2. The van der Waals surface area contributed by atoms with E-state index in [0.717, 1.165) is 16.2 Å². The highest BCUT2D eigenvalue weighted by molar-refractivity contribution is 7.15. The predicted octanol–water partition coefficient (Wildman–Crippen LogP) is 2.87. The summed E-state index contributed by atoms with van der Waals surface area (Å²) in [6, 6.07) is 5.43. The van der Waals surface area contributed by atoms with Gasteiger partial charge in [0.15, 0.2) is 16.5 Å². The van der Waals surface area contributed by atoms with E-state index in [1.165, 1.54) is 0 Å². The first-order chi connectivity index (χ1) is 10.3. The third kappa shape index (κ3) is 3.01. The van der Waals surface area contributed by atoms with Gasteiger partial charge in [0.25, 0.3) is 0 Å². The van der Waals surface area contributed by atoms with Crippen LogP contribution in [0.1, 0.15) is 18.2 Å². The zero-order chi connectivity index (χ0) is 14.7. The van der Waals surface area contributed by atoms with Crippen molar-refractivity contribution in [2.75, 3.05) is 6.61 Å². The minimum Gasteiger partial charge on any atom is -0.490 e. The van der Waals surface area contributed by atoms with Gasteiger partial charge in [0.2, 0.25) is 0 Å². The molecule has 0 aliphatic carbocycles. The molecule has 0 amide bonds. The Hall–Kier alpha value is -2.05. The highest BCUT2D eigenvalue weighted by atomic mass is 32.1. The summed E-state index contributed by atoms with van der Waals surface area (Å²) in [5.74, 6) is 1.30. The fourth-order valence-corrected chi connectivity index (χ4v) is 2.75. The normalized spacial score (nSPS) is 11.0. The van der Waals surface area contributed by atoms with E-state index in [1.54, 1.807) is 17.4 Å². The minimum atomic E-state index is -0.0162. The molecule has 0 saturated heterocycles. The van der Waals surface area contributed by atoms with Crippen molar-refractivity contribution in [3.05, 3.63) is 47.2 Å². The summed E-state index contributed by atoms with van der Waals surface area (Å²) >= 11 is 1.59. The molecule has 1 N–H and O–H groups in total. The highest BCUT2D eigenvalue weighted by Gasteiger charge is 2.08. The first-order valence-electron chi connectivity index (χ1n) is 6.70. The Balaban J connectivity index is 1.75. The predicted molar refractivity (Wildman–Crippen MR) is 80.9 cm³/mol. The summed E-state index contributed by atoms with van der Waals surface area (Å²) in [6.45, 7) is 2.83. The van der Waals surface area contributed by atoms with Crippen molar-refractivity contribution in [3.63, 3.8) is 0 Å². The van der Waals surface area contributed by atoms with Crippen molar-refractivity contribution in [2.24, 2.45) is 0 Å². The lowest BCUT2D eigenvalue weighted by molar-refractivity contribution is 0.262. The first kappa shape index (κ1) is 13.9. The van der Waals surface area contributed by atoms with Gasteiger partial charge in [-0.2, -0.15) is 0 Å². The Labute approximate surface area is 126 Å². The van der Waals surface area contributed by atoms with Crippen molar-refractivity contribution >= 4 is 16.3 Å². The second kappa shape index (κ2) is 6.15. The van der Waals surface area contributed by atoms with Gasteiger partial charge in [0.1, 0.15) is 6.61 Å². The second-order valence-corrected chi connectivity index (χ2v) is 5.36. The van der Waals surface area contributed by atoms with E-state index in [9.17, 15) is 5.11 Å². The molecule has 0 atom stereocenters. The molecule has 6 heteroatoms. The van der Waals surface area contributed by atoms with Crippen molar-refractivity contribution in [1.29, 1.82) is 0 Å². The number of fused-ring (bicyclic) bond motifs is 1. The number of imidazole rings is 1. The molecule has 0 aliphatic heterocycles. The van der Waals surface area contributed by atoms with Gasteiger partial charge < -0.3 is 14.6 Å². The van der Waals surface area contributed by atoms with Crippen molar-refractivity contribution in [3.8, 4) is 11.5 Å². The van der Waals surface area contributed by atoms with Crippen LogP contribution >= 0.6 is 11.3 Å². The zero-order valence-corrected chi connectivity index (χ0v) is 12.5. The van der Waals surface area contributed by atoms with Gasteiger partial charge in [0.05, 0.1) is 18.9 Å². The van der Waals surface area contributed by atoms with Crippen molar-refractivity contribution in [1.82, 2.24) is 9.38 Å². The fourth-order valence-electron chi connectivity index (χ4n) is 2.04. The van der Waals surface area contributed by atoms with Crippen LogP contribution in [0.15, 0.2) is 36.0 Å². The Morgan fingerprint density at radius 1 is 1.29 bits per heavy atom. The van der Waals surface area contributed by atoms with Crippen LogP contribution in [-0.2, 0) is 13.2 Å². The molecule has 2 aromatic heterocycles. The standard InChI is InChI=1S/C15H16N2O3S/c1-2-19-14-7-11(9-18)3-4-13(14)20-10-12-8-17-5-6-21-15(17)16-12/h3-8,18H,2,9-10H2,1H3. The summed E-state index contributed by atoms with van der Waals surface area (Å²) < 4.78 is 13.3. The lowest BCUT2D eigenvalue weighted by Crippen LogP contribution is -2.00. The number of nitrogens with zero attached hydrogens (tertiary/aromatic N) is 2. The van der Waals surface area contributed by atoms with Crippen LogP contribution in [0.4, 0.5) is 0 Å². The van der Waals surface area contributed by atoms with E-state index in [1.807, 2.05) is 41.2 Å². The molecule has 1 aromatic carbocycles.